The van der Waals surface area contributed by atoms with Gasteiger partial charge in [0.15, 0.2) is 0 Å². The van der Waals surface area contributed by atoms with E-state index in [1.807, 2.05) is 13.8 Å². The molecule has 1 aromatic rings. The lowest BCUT2D eigenvalue weighted by Gasteiger charge is -2.26. The number of hydrogen-bond acceptors (Lipinski definition) is 3. The zero-order chi connectivity index (χ0) is 13.1. The maximum absolute atomic E-state index is 10.9. The van der Waals surface area contributed by atoms with E-state index in [4.69, 9.17) is 11.6 Å². The molecule has 1 aromatic carbocycles. The zero-order valence-corrected chi connectivity index (χ0v) is 11.0. The van der Waals surface area contributed by atoms with Gasteiger partial charge in [-0.05, 0) is 32.4 Å². The molecule has 0 saturated carbocycles. The van der Waals surface area contributed by atoms with E-state index >= 15 is 0 Å². The van der Waals surface area contributed by atoms with Gasteiger partial charge in [0.25, 0.3) is 5.69 Å². The Hall–Kier alpha value is -1.29. The van der Waals surface area contributed by atoms with E-state index in [1.54, 1.807) is 6.07 Å². The Labute approximate surface area is 106 Å². The van der Waals surface area contributed by atoms with Crippen molar-refractivity contribution in [1.29, 1.82) is 0 Å². The Kier molecular flexibility index (Phi) is 4.34. The van der Waals surface area contributed by atoms with Crippen LogP contribution in [0.4, 0.5) is 11.4 Å². The van der Waals surface area contributed by atoms with Gasteiger partial charge in [0.2, 0.25) is 0 Å². The van der Waals surface area contributed by atoms with E-state index in [-0.39, 0.29) is 11.2 Å². The summed E-state index contributed by atoms with van der Waals surface area (Å²) in [4.78, 5) is 10.5. The molecule has 0 aliphatic carbocycles. The van der Waals surface area contributed by atoms with Crippen molar-refractivity contribution in [3.05, 3.63) is 33.3 Å². The third-order valence-electron chi connectivity index (χ3n) is 2.50. The third-order valence-corrected chi connectivity index (χ3v) is 2.74. The molecule has 0 aliphatic rings. The number of nitro groups is 1. The Balaban J connectivity index is 3.04. The number of nitro benzene ring substituents is 1. The van der Waals surface area contributed by atoms with E-state index in [0.717, 1.165) is 12.8 Å². The second kappa shape index (κ2) is 5.36. The monoisotopic (exact) mass is 256 g/mol. The molecule has 5 heteroatoms. The molecule has 0 spiro atoms. The first-order chi connectivity index (χ1) is 7.85. The summed E-state index contributed by atoms with van der Waals surface area (Å²) in [6, 6.07) is 4.54. The van der Waals surface area contributed by atoms with Crippen LogP contribution in [-0.2, 0) is 0 Å². The van der Waals surface area contributed by atoms with Crippen LogP contribution in [0.3, 0.4) is 0 Å². The van der Waals surface area contributed by atoms with Crippen LogP contribution < -0.4 is 5.32 Å². The minimum atomic E-state index is -0.402. The smallest absolute Gasteiger partial charge is 0.292 e. The summed E-state index contributed by atoms with van der Waals surface area (Å²) in [6.07, 6.45) is 1.94. The molecule has 94 valence electrons. The molecular formula is C12H17ClN2O2. The SMILES string of the molecule is CCCC(C)(C)Nc1cc(Cl)ccc1[N+](=O)[O-]. The summed E-state index contributed by atoms with van der Waals surface area (Å²) in [5.74, 6) is 0. The average Bonchev–Trinajstić information content (AvgIpc) is 2.15. The van der Waals surface area contributed by atoms with Crippen LogP contribution >= 0.6 is 11.6 Å². The fourth-order valence-electron chi connectivity index (χ4n) is 1.82. The molecule has 17 heavy (non-hydrogen) atoms. The number of anilines is 1. The lowest BCUT2D eigenvalue weighted by molar-refractivity contribution is -0.384. The predicted molar refractivity (Wildman–Crippen MR) is 70.7 cm³/mol. The fraction of sp³-hybridized carbons (Fsp3) is 0.500. The van der Waals surface area contributed by atoms with Crippen molar-refractivity contribution in [2.75, 3.05) is 5.32 Å². The molecule has 0 unspecified atom stereocenters. The van der Waals surface area contributed by atoms with E-state index < -0.39 is 4.92 Å². The highest BCUT2D eigenvalue weighted by atomic mass is 35.5. The molecule has 0 radical (unpaired) electrons. The highest BCUT2D eigenvalue weighted by Gasteiger charge is 2.21. The van der Waals surface area contributed by atoms with Crippen LogP contribution in [0.5, 0.6) is 0 Å². The second-order valence-electron chi connectivity index (χ2n) is 4.68. The lowest BCUT2D eigenvalue weighted by Crippen LogP contribution is -2.30. The molecule has 0 bridgehead atoms. The normalized spacial score (nSPS) is 11.3. The van der Waals surface area contributed by atoms with Crippen molar-refractivity contribution < 1.29 is 4.92 Å². The van der Waals surface area contributed by atoms with Crippen LogP contribution in [0.2, 0.25) is 5.02 Å². The van der Waals surface area contributed by atoms with E-state index in [2.05, 4.69) is 12.2 Å². The van der Waals surface area contributed by atoms with Gasteiger partial charge < -0.3 is 5.32 Å². The van der Waals surface area contributed by atoms with Crippen LogP contribution in [-0.4, -0.2) is 10.5 Å². The third kappa shape index (κ3) is 3.89. The predicted octanol–water partition coefficient (Wildman–Crippen LogP) is 4.24. The van der Waals surface area contributed by atoms with Crippen molar-refractivity contribution in [2.45, 2.75) is 39.2 Å². The number of nitrogens with one attached hydrogen (secondary N) is 1. The zero-order valence-electron chi connectivity index (χ0n) is 10.3. The highest BCUT2D eigenvalue weighted by molar-refractivity contribution is 6.31. The molecule has 1 N–H and O–H groups in total. The molecule has 4 nitrogen and oxygen atoms in total. The van der Waals surface area contributed by atoms with Crippen LogP contribution in [0.1, 0.15) is 33.6 Å². The summed E-state index contributed by atoms with van der Waals surface area (Å²) >= 11 is 5.86. The number of nitrogens with zero attached hydrogens (tertiary/aromatic N) is 1. The minimum absolute atomic E-state index is 0.0542. The van der Waals surface area contributed by atoms with Gasteiger partial charge in [0, 0.05) is 16.6 Å². The number of benzene rings is 1. The molecule has 0 atom stereocenters. The number of halogens is 1. The van der Waals surface area contributed by atoms with Gasteiger partial charge in [-0.2, -0.15) is 0 Å². The summed E-state index contributed by atoms with van der Waals surface area (Å²) in [5.41, 5.74) is 0.337. The van der Waals surface area contributed by atoms with Gasteiger partial charge in [0.1, 0.15) is 5.69 Å². The molecule has 0 fully saturated rings. The Morgan fingerprint density at radius 2 is 2.12 bits per heavy atom. The molecule has 0 amide bonds. The first kappa shape index (κ1) is 13.8. The van der Waals surface area contributed by atoms with Crippen molar-refractivity contribution in [3.63, 3.8) is 0 Å². The maximum atomic E-state index is 10.9. The van der Waals surface area contributed by atoms with Gasteiger partial charge in [-0.25, -0.2) is 0 Å². The van der Waals surface area contributed by atoms with Crippen LogP contribution in [0.25, 0.3) is 0 Å². The quantitative estimate of drug-likeness (QED) is 0.633. The lowest BCUT2D eigenvalue weighted by atomic mass is 9.98. The number of hydrogen-bond donors (Lipinski definition) is 1. The Morgan fingerprint density at radius 1 is 1.47 bits per heavy atom. The van der Waals surface area contributed by atoms with Gasteiger partial charge in [-0.1, -0.05) is 24.9 Å². The fourth-order valence-corrected chi connectivity index (χ4v) is 1.99. The minimum Gasteiger partial charge on any atom is -0.375 e. The summed E-state index contributed by atoms with van der Waals surface area (Å²) < 4.78 is 0. The molecule has 1 rings (SSSR count). The van der Waals surface area contributed by atoms with Crippen molar-refractivity contribution >= 4 is 23.0 Å². The van der Waals surface area contributed by atoms with Crippen LogP contribution in [0.15, 0.2) is 18.2 Å². The van der Waals surface area contributed by atoms with Crippen LogP contribution in [0, 0.1) is 10.1 Å². The molecular weight excluding hydrogens is 240 g/mol. The van der Waals surface area contributed by atoms with E-state index in [1.165, 1.54) is 12.1 Å². The van der Waals surface area contributed by atoms with Crippen molar-refractivity contribution in [2.24, 2.45) is 0 Å². The van der Waals surface area contributed by atoms with Gasteiger partial charge in [0.05, 0.1) is 4.92 Å². The summed E-state index contributed by atoms with van der Waals surface area (Å²) in [7, 11) is 0. The molecule has 0 heterocycles. The molecule has 0 aliphatic heterocycles. The summed E-state index contributed by atoms with van der Waals surface area (Å²) in [5, 5.41) is 14.6. The first-order valence-corrected chi connectivity index (χ1v) is 5.95. The Morgan fingerprint density at radius 3 is 2.65 bits per heavy atom. The van der Waals surface area contributed by atoms with Gasteiger partial charge in [-0.15, -0.1) is 0 Å². The summed E-state index contributed by atoms with van der Waals surface area (Å²) in [6.45, 7) is 6.11. The van der Waals surface area contributed by atoms with Crippen molar-refractivity contribution in [1.82, 2.24) is 0 Å². The number of rotatable bonds is 5. The standard InChI is InChI=1S/C12H17ClN2O2/c1-4-7-12(2,3)14-10-8-9(13)5-6-11(10)15(16)17/h5-6,8,14H,4,7H2,1-3H3. The van der Waals surface area contributed by atoms with Crippen molar-refractivity contribution in [3.8, 4) is 0 Å². The van der Waals surface area contributed by atoms with Gasteiger partial charge in [-0.3, -0.25) is 10.1 Å². The topological polar surface area (TPSA) is 55.2 Å². The molecule has 0 saturated heterocycles. The highest BCUT2D eigenvalue weighted by Crippen LogP contribution is 2.31. The first-order valence-electron chi connectivity index (χ1n) is 5.58. The maximum Gasteiger partial charge on any atom is 0.292 e. The van der Waals surface area contributed by atoms with E-state index in [9.17, 15) is 10.1 Å². The molecule has 0 aromatic heterocycles. The average molecular weight is 257 g/mol. The van der Waals surface area contributed by atoms with Gasteiger partial charge >= 0.3 is 0 Å². The van der Waals surface area contributed by atoms with E-state index in [0.29, 0.717) is 10.7 Å². The largest absolute Gasteiger partial charge is 0.375 e. The Bertz CT molecular complexity index is 419. The second-order valence-corrected chi connectivity index (χ2v) is 5.11.